The van der Waals surface area contributed by atoms with Gasteiger partial charge in [0.05, 0.1) is 5.75 Å². The molecule has 0 atom stereocenters. The molecule has 1 aromatic rings. The summed E-state index contributed by atoms with van der Waals surface area (Å²) in [7, 11) is 0. The molecule has 0 unspecified atom stereocenters. The minimum atomic E-state index is -0.814. The lowest BCUT2D eigenvalue weighted by molar-refractivity contribution is -0.133. The first-order valence-corrected chi connectivity index (χ1v) is 12.3. The van der Waals surface area contributed by atoms with E-state index in [0.29, 0.717) is 0 Å². The monoisotopic (exact) mass is 404 g/mol. The lowest BCUT2D eigenvalue weighted by Crippen LogP contribution is -1.96. The van der Waals surface area contributed by atoms with E-state index in [-0.39, 0.29) is 5.75 Å². The summed E-state index contributed by atoms with van der Waals surface area (Å²) in [5, 5.41) is 16.8. The Morgan fingerprint density at radius 1 is 0.840 bits per heavy atom. The number of hydrogen-bond acceptors (Lipinski definition) is 6. The van der Waals surface area contributed by atoms with Crippen LogP contribution in [-0.2, 0) is 4.79 Å². The summed E-state index contributed by atoms with van der Waals surface area (Å²) >= 11 is 4.48. The van der Waals surface area contributed by atoms with Crippen LogP contribution in [-0.4, -0.2) is 32.8 Å². The van der Waals surface area contributed by atoms with Crippen LogP contribution >= 0.6 is 34.9 Å². The number of aliphatic carboxylic acids is 1. The SMILES string of the molecule is CCCCCCCCCCCCCCSc1nnc(SCC(=O)O)s1. The van der Waals surface area contributed by atoms with Gasteiger partial charge in [0.15, 0.2) is 8.68 Å². The zero-order chi connectivity index (χ0) is 18.2. The van der Waals surface area contributed by atoms with E-state index >= 15 is 0 Å². The predicted octanol–water partition coefficient (Wildman–Crippen LogP) is 6.51. The maximum Gasteiger partial charge on any atom is 0.313 e. The zero-order valence-electron chi connectivity index (χ0n) is 15.4. The van der Waals surface area contributed by atoms with E-state index in [1.165, 1.54) is 100 Å². The molecule has 0 aliphatic heterocycles. The number of carbonyl (C=O) groups is 1. The zero-order valence-corrected chi connectivity index (χ0v) is 17.8. The van der Waals surface area contributed by atoms with Crippen molar-refractivity contribution in [3.05, 3.63) is 0 Å². The molecule has 1 aromatic heterocycles. The Kier molecular flexibility index (Phi) is 14.5. The van der Waals surface area contributed by atoms with Gasteiger partial charge in [-0.15, -0.1) is 10.2 Å². The Labute approximate surface area is 165 Å². The molecule has 1 N–H and O–H groups in total. The fraction of sp³-hybridized carbons (Fsp3) is 0.833. The topological polar surface area (TPSA) is 63.1 Å². The van der Waals surface area contributed by atoms with Gasteiger partial charge in [0.1, 0.15) is 0 Å². The van der Waals surface area contributed by atoms with Crippen molar-refractivity contribution < 1.29 is 9.90 Å². The third kappa shape index (κ3) is 13.6. The molecule has 144 valence electrons. The number of rotatable bonds is 17. The minimum absolute atomic E-state index is 0.0536. The summed E-state index contributed by atoms with van der Waals surface area (Å²) in [5.74, 6) is 0.319. The van der Waals surface area contributed by atoms with E-state index < -0.39 is 5.97 Å². The van der Waals surface area contributed by atoms with Gasteiger partial charge < -0.3 is 5.11 Å². The first-order valence-electron chi connectivity index (χ1n) is 9.53. The summed E-state index contributed by atoms with van der Waals surface area (Å²) in [6.07, 6.45) is 16.4. The molecule has 0 aromatic carbocycles. The van der Waals surface area contributed by atoms with Crippen LogP contribution < -0.4 is 0 Å². The summed E-state index contributed by atoms with van der Waals surface area (Å²) in [6.45, 7) is 2.27. The summed E-state index contributed by atoms with van der Waals surface area (Å²) in [6, 6.07) is 0. The minimum Gasteiger partial charge on any atom is -0.481 e. The molecule has 0 aliphatic carbocycles. The predicted molar refractivity (Wildman–Crippen MR) is 110 cm³/mol. The van der Waals surface area contributed by atoms with Gasteiger partial charge in [-0.25, -0.2) is 0 Å². The van der Waals surface area contributed by atoms with Crippen molar-refractivity contribution in [1.29, 1.82) is 0 Å². The van der Waals surface area contributed by atoms with Gasteiger partial charge >= 0.3 is 5.97 Å². The van der Waals surface area contributed by atoms with E-state index in [1.54, 1.807) is 11.8 Å². The second-order valence-corrected chi connectivity index (χ2v) is 9.80. The average molecular weight is 405 g/mol. The van der Waals surface area contributed by atoms with Gasteiger partial charge in [0.25, 0.3) is 0 Å². The van der Waals surface area contributed by atoms with Gasteiger partial charge in [0, 0.05) is 5.75 Å². The highest BCUT2D eigenvalue weighted by Gasteiger charge is 2.07. The van der Waals surface area contributed by atoms with Crippen LogP contribution in [0.15, 0.2) is 8.68 Å². The Balaban J connectivity index is 1.86. The third-order valence-corrected chi connectivity index (χ3v) is 7.19. The molecule has 25 heavy (non-hydrogen) atoms. The van der Waals surface area contributed by atoms with Crippen molar-refractivity contribution in [3.63, 3.8) is 0 Å². The Morgan fingerprint density at radius 2 is 1.32 bits per heavy atom. The van der Waals surface area contributed by atoms with E-state index in [0.717, 1.165) is 14.4 Å². The molecular formula is C18H32N2O2S3. The highest BCUT2D eigenvalue weighted by atomic mass is 32.2. The molecule has 0 radical (unpaired) electrons. The van der Waals surface area contributed by atoms with Crippen LogP contribution in [0, 0.1) is 0 Å². The maximum absolute atomic E-state index is 10.5. The number of thioether (sulfide) groups is 2. The molecule has 0 saturated heterocycles. The van der Waals surface area contributed by atoms with Crippen LogP contribution in [0.5, 0.6) is 0 Å². The van der Waals surface area contributed by atoms with Gasteiger partial charge in [-0.2, -0.15) is 0 Å². The van der Waals surface area contributed by atoms with Crippen LogP contribution in [0.1, 0.15) is 84.0 Å². The Bertz CT molecular complexity index is 455. The number of unbranched alkanes of at least 4 members (excludes halogenated alkanes) is 11. The number of carboxylic acids is 1. The van der Waals surface area contributed by atoms with Crippen molar-refractivity contribution in [3.8, 4) is 0 Å². The number of nitrogens with zero attached hydrogens (tertiary/aromatic N) is 2. The largest absolute Gasteiger partial charge is 0.481 e. The summed E-state index contributed by atoms with van der Waals surface area (Å²) < 4.78 is 1.70. The number of carboxylic acid groups (broad SMARTS) is 1. The van der Waals surface area contributed by atoms with Crippen molar-refractivity contribution in [2.75, 3.05) is 11.5 Å². The lowest BCUT2D eigenvalue weighted by atomic mass is 10.1. The van der Waals surface area contributed by atoms with Crippen LogP contribution in [0.25, 0.3) is 0 Å². The molecule has 0 fully saturated rings. The van der Waals surface area contributed by atoms with Gasteiger partial charge in [-0.1, -0.05) is 112 Å². The summed E-state index contributed by atoms with van der Waals surface area (Å²) in [5.41, 5.74) is 0. The van der Waals surface area contributed by atoms with Crippen LogP contribution in [0.3, 0.4) is 0 Å². The fourth-order valence-electron chi connectivity index (χ4n) is 2.54. The van der Waals surface area contributed by atoms with Gasteiger partial charge in [-0.05, 0) is 6.42 Å². The Morgan fingerprint density at radius 3 is 1.84 bits per heavy atom. The third-order valence-electron chi connectivity index (χ3n) is 3.93. The first-order chi connectivity index (χ1) is 12.2. The first kappa shape index (κ1) is 22.8. The molecule has 4 nitrogen and oxygen atoms in total. The van der Waals surface area contributed by atoms with Crippen LogP contribution in [0.2, 0.25) is 0 Å². The van der Waals surface area contributed by atoms with Gasteiger partial charge in [0.2, 0.25) is 0 Å². The molecular weight excluding hydrogens is 372 g/mol. The molecule has 0 amide bonds. The van der Waals surface area contributed by atoms with Crippen molar-refractivity contribution in [1.82, 2.24) is 10.2 Å². The molecule has 0 bridgehead atoms. The highest BCUT2D eigenvalue weighted by molar-refractivity contribution is 8.03. The number of hydrogen-bond donors (Lipinski definition) is 1. The van der Waals surface area contributed by atoms with E-state index in [2.05, 4.69) is 17.1 Å². The van der Waals surface area contributed by atoms with E-state index in [9.17, 15) is 4.79 Å². The standard InChI is InChI=1S/C18H32N2O2S3/c1-2-3-4-5-6-7-8-9-10-11-12-13-14-23-17-19-20-18(25-17)24-15-16(21)22/h2-15H2,1H3,(H,21,22). The lowest BCUT2D eigenvalue weighted by Gasteiger charge is -2.02. The smallest absolute Gasteiger partial charge is 0.313 e. The van der Waals surface area contributed by atoms with Gasteiger partial charge in [-0.3, -0.25) is 4.79 Å². The normalized spacial score (nSPS) is 11.1. The molecule has 1 rings (SSSR count). The van der Waals surface area contributed by atoms with Crippen molar-refractivity contribution >= 4 is 40.8 Å². The van der Waals surface area contributed by atoms with E-state index in [4.69, 9.17) is 5.11 Å². The summed E-state index contributed by atoms with van der Waals surface area (Å²) in [4.78, 5) is 10.5. The molecule has 0 saturated carbocycles. The van der Waals surface area contributed by atoms with E-state index in [1.807, 2.05) is 0 Å². The number of aromatic nitrogens is 2. The maximum atomic E-state index is 10.5. The molecule has 7 heteroatoms. The van der Waals surface area contributed by atoms with Crippen molar-refractivity contribution in [2.45, 2.75) is 92.7 Å². The molecule has 0 spiro atoms. The average Bonchev–Trinajstić information content (AvgIpc) is 3.05. The second kappa shape index (κ2) is 15.9. The van der Waals surface area contributed by atoms with Crippen LogP contribution in [0.4, 0.5) is 0 Å². The van der Waals surface area contributed by atoms with Crippen molar-refractivity contribution in [2.24, 2.45) is 0 Å². The Hall–Kier alpha value is -0.270. The highest BCUT2D eigenvalue weighted by Crippen LogP contribution is 2.29. The molecule has 0 aliphatic rings. The quantitative estimate of drug-likeness (QED) is 0.236. The second-order valence-electron chi connectivity index (χ2n) is 6.25. The fourth-order valence-corrected chi connectivity index (χ4v) is 5.35. The molecule has 1 heterocycles.